The Kier molecular flexibility index (Phi) is 10.5. The molecule has 0 amide bonds. The Hall–Kier alpha value is -2.79. The third kappa shape index (κ3) is 8.93. The predicted octanol–water partition coefficient (Wildman–Crippen LogP) is 1.88. The normalized spacial score (nSPS) is 24.3. The summed E-state index contributed by atoms with van der Waals surface area (Å²) in [6.07, 6.45) is -4.36. The molecule has 33 heavy (non-hydrogen) atoms. The van der Waals surface area contributed by atoms with E-state index in [0.29, 0.717) is 18.1 Å². The fourth-order valence-corrected chi connectivity index (χ4v) is 4.20. The van der Waals surface area contributed by atoms with E-state index in [1.165, 1.54) is 39.5 Å². The van der Waals surface area contributed by atoms with Crippen LogP contribution in [0.25, 0.3) is 0 Å². The lowest BCUT2D eigenvalue weighted by molar-refractivity contribution is -0.237. The predicted molar refractivity (Wildman–Crippen MR) is 116 cm³/mol. The first-order valence-corrected chi connectivity index (χ1v) is 11.3. The van der Waals surface area contributed by atoms with Crippen LogP contribution < -0.4 is 4.74 Å². The van der Waals surface area contributed by atoms with Gasteiger partial charge in [-0.1, -0.05) is 18.2 Å². The van der Waals surface area contributed by atoms with Gasteiger partial charge >= 0.3 is 23.9 Å². The van der Waals surface area contributed by atoms with E-state index in [1.807, 2.05) is 30.3 Å². The van der Waals surface area contributed by atoms with Gasteiger partial charge in [0, 0.05) is 33.4 Å². The number of carbonyl (C=O) groups excluding carboxylic acids is 4. The minimum absolute atomic E-state index is 0.255. The van der Waals surface area contributed by atoms with Gasteiger partial charge in [0.1, 0.15) is 23.9 Å². The van der Waals surface area contributed by atoms with Crippen molar-refractivity contribution in [2.24, 2.45) is 0 Å². The van der Waals surface area contributed by atoms with Crippen molar-refractivity contribution >= 4 is 35.6 Å². The fraction of sp³-hybridized carbons (Fsp3) is 0.545. The van der Waals surface area contributed by atoms with E-state index in [1.54, 1.807) is 0 Å². The molecule has 0 N–H and O–H groups in total. The number of para-hydroxylation sites is 1. The molecular weight excluding hydrogens is 456 g/mol. The van der Waals surface area contributed by atoms with Crippen molar-refractivity contribution in [1.82, 2.24) is 0 Å². The number of benzene rings is 1. The summed E-state index contributed by atoms with van der Waals surface area (Å²) in [5, 5.41) is 0. The summed E-state index contributed by atoms with van der Waals surface area (Å²) in [5.41, 5.74) is -0.815. The van der Waals surface area contributed by atoms with Gasteiger partial charge in [-0.15, -0.1) is 11.8 Å². The van der Waals surface area contributed by atoms with Crippen LogP contribution in [0.15, 0.2) is 30.3 Å². The standard InChI is InChI=1S/C22H28O10S/c1-13(23)28-12-18-19(29-14(2)24)20(30-15(3)25)21(31-16(4)26)22(32-18)33-11-10-27-17-8-6-5-7-9-17/h5-9,18-22H,10-12H2,1-4H3/t18-,19-,20+,21+,22+/m0/s1. The smallest absolute Gasteiger partial charge is 0.303 e. The maximum absolute atomic E-state index is 11.8. The molecular formula is C22H28O10S. The van der Waals surface area contributed by atoms with Crippen LogP contribution in [0.1, 0.15) is 27.7 Å². The van der Waals surface area contributed by atoms with Crippen molar-refractivity contribution in [2.45, 2.75) is 57.5 Å². The van der Waals surface area contributed by atoms with Gasteiger partial charge in [0.2, 0.25) is 0 Å². The van der Waals surface area contributed by atoms with Crippen LogP contribution in [0.5, 0.6) is 5.75 Å². The molecule has 1 aliphatic rings. The summed E-state index contributed by atoms with van der Waals surface area (Å²) in [4.78, 5) is 46.7. The maximum atomic E-state index is 11.8. The highest BCUT2D eigenvalue weighted by Crippen LogP contribution is 2.34. The fourth-order valence-electron chi connectivity index (χ4n) is 3.16. The van der Waals surface area contributed by atoms with Crippen molar-refractivity contribution in [3.8, 4) is 5.75 Å². The van der Waals surface area contributed by atoms with E-state index in [2.05, 4.69) is 0 Å². The van der Waals surface area contributed by atoms with Gasteiger partial charge in [0.25, 0.3) is 0 Å². The first-order chi connectivity index (χ1) is 15.7. The molecule has 10 nitrogen and oxygen atoms in total. The minimum atomic E-state index is -1.17. The summed E-state index contributed by atoms with van der Waals surface area (Å²) in [5.74, 6) is -1.41. The molecule has 0 bridgehead atoms. The van der Waals surface area contributed by atoms with Crippen LogP contribution in [-0.4, -0.2) is 72.7 Å². The van der Waals surface area contributed by atoms with Gasteiger partial charge in [-0.2, -0.15) is 0 Å². The van der Waals surface area contributed by atoms with Gasteiger partial charge in [-0.25, -0.2) is 0 Å². The summed E-state index contributed by atoms with van der Waals surface area (Å²) in [7, 11) is 0. The number of hydrogen-bond donors (Lipinski definition) is 0. The third-order valence-corrected chi connectivity index (χ3v) is 5.44. The number of ether oxygens (including phenoxy) is 6. The van der Waals surface area contributed by atoms with Crippen LogP contribution >= 0.6 is 11.8 Å². The van der Waals surface area contributed by atoms with Crippen LogP contribution in [0.2, 0.25) is 0 Å². The Bertz CT molecular complexity index is 815. The lowest BCUT2D eigenvalue weighted by Crippen LogP contribution is -2.61. The molecule has 11 heteroatoms. The van der Waals surface area contributed by atoms with E-state index in [0.717, 1.165) is 0 Å². The SMILES string of the molecule is CC(=O)OC[C@@H]1O[C@H](SCCOc2ccccc2)[C@H](OC(C)=O)[C@H](OC(C)=O)[C@H]1OC(C)=O. The van der Waals surface area contributed by atoms with Gasteiger partial charge in [0.05, 0.1) is 6.61 Å². The Balaban J connectivity index is 2.21. The maximum Gasteiger partial charge on any atom is 0.303 e. The van der Waals surface area contributed by atoms with Gasteiger partial charge in [0.15, 0.2) is 18.3 Å². The minimum Gasteiger partial charge on any atom is -0.493 e. The van der Waals surface area contributed by atoms with Crippen LogP contribution in [0.4, 0.5) is 0 Å². The van der Waals surface area contributed by atoms with Crippen molar-refractivity contribution in [1.29, 1.82) is 0 Å². The molecule has 5 atom stereocenters. The highest BCUT2D eigenvalue weighted by Gasteiger charge is 2.52. The lowest BCUT2D eigenvalue weighted by Gasteiger charge is -2.44. The monoisotopic (exact) mass is 484 g/mol. The molecule has 1 aromatic carbocycles. The Morgan fingerprint density at radius 3 is 1.97 bits per heavy atom. The molecule has 1 fully saturated rings. The lowest BCUT2D eigenvalue weighted by atomic mass is 9.99. The van der Waals surface area contributed by atoms with Crippen LogP contribution in [0, 0.1) is 0 Å². The molecule has 1 heterocycles. The molecule has 182 valence electrons. The van der Waals surface area contributed by atoms with E-state index in [9.17, 15) is 19.2 Å². The van der Waals surface area contributed by atoms with Gasteiger partial charge in [-0.3, -0.25) is 19.2 Å². The van der Waals surface area contributed by atoms with Crippen molar-refractivity contribution < 1.29 is 47.6 Å². The number of rotatable bonds is 10. The summed E-state index contributed by atoms with van der Waals surface area (Å²) in [6, 6.07) is 9.21. The van der Waals surface area contributed by atoms with Crippen LogP contribution in [-0.2, 0) is 42.9 Å². The number of hydrogen-bond acceptors (Lipinski definition) is 11. The zero-order valence-corrected chi connectivity index (χ0v) is 19.7. The van der Waals surface area contributed by atoms with E-state index in [-0.39, 0.29) is 6.61 Å². The van der Waals surface area contributed by atoms with Gasteiger partial charge in [-0.05, 0) is 12.1 Å². The van der Waals surface area contributed by atoms with Crippen molar-refractivity contribution in [3.05, 3.63) is 30.3 Å². The molecule has 0 spiro atoms. The van der Waals surface area contributed by atoms with Gasteiger partial charge < -0.3 is 28.4 Å². The third-order valence-electron chi connectivity index (χ3n) is 4.33. The Labute approximate surface area is 196 Å². The van der Waals surface area contributed by atoms with E-state index >= 15 is 0 Å². The van der Waals surface area contributed by atoms with E-state index < -0.39 is 53.7 Å². The molecule has 0 unspecified atom stereocenters. The zero-order valence-electron chi connectivity index (χ0n) is 18.9. The molecule has 1 aromatic rings. The molecule has 0 saturated carbocycles. The number of esters is 4. The van der Waals surface area contributed by atoms with Crippen molar-refractivity contribution in [2.75, 3.05) is 19.0 Å². The molecule has 1 aliphatic heterocycles. The van der Waals surface area contributed by atoms with Crippen LogP contribution in [0.3, 0.4) is 0 Å². The first kappa shape index (κ1) is 26.5. The second-order valence-electron chi connectivity index (χ2n) is 7.10. The quantitative estimate of drug-likeness (QED) is 0.275. The summed E-state index contributed by atoms with van der Waals surface area (Å²) in [6.45, 7) is 4.86. The number of thioether (sulfide) groups is 1. The highest BCUT2D eigenvalue weighted by atomic mass is 32.2. The molecule has 0 aromatic heterocycles. The second-order valence-corrected chi connectivity index (χ2v) is 8.31. The largest absolute Gasteiger partial charge is 0.493 e. The topological polar surface area (TPSA) is 124 Å². The Morgan fingerprint density at radius 1 is 0.818 bits per heavy atom. The first-order valence-electron chi connectivity index (χ1n) is 10.3. The highest BCUT2D eigenvalue weighted by molar-refractivity contribution is 7.99. The summed E-state index contributed by atoms with van der Waals surface area (Å²) < 4.78 is 32.9. The molecule has 0 radical (unpaired) electrons. The van der Waals surface area contributed by atoms with E-state index in [4.69, 9.17) is 28.4 Å². The Morgan fingerprint density at radius 2 is 1.39 bits per heavy atom. The average molecular weight is 485 g/mol. The second kappa shape index (κ2) is 13.0. The molecule has 2 rings (SSSR count). The molecule has 0 aliphatic carbocycles. The average Bonchev–Trinajstić information content (AvgIpc) is 2.73. The molecule has 1 saturated heterocycles. The number of carbonyl (C=O) groups is 4. The summed E-state index contributed by atoms with van der Waals surface area (Å²) >= 11 is 1.26. The zero-order chi connectivity index (χ0) is 24.4. The van der Waals surface area contributed by atoms with Crippen molar-refractivity contribution in [3.63, 3.8) is 0 Å².